The molecule has 0 heterocycles. The van der Waals surface area contributed by atoms with Crippen LogP contribution in [0.15, 0.2) is 30.3 Å². The van der Waals surface area contributed by atoms with E-state index >= 15 is 0 Å². The van der Waals surface area contributed by atoms with Crippen molar-refractivity contribution in [3.8, 4) is 0 Å². The zero-order valence-electron chi connectivity index (χ0n) is 10.6. The number of likely N-dealkylation sites (N-methyl/N-ethyl adjacent to an activating group) is 1. The van der Waals surface area contributed by atoms with Gasteiger partial charge in [-0.05, 0) is 19.4 Å². The summed E-state index contributed by atoms with van der Waals surface area (Å²) in [6.45, 7) is 4.05. The SMILES string of the molecule is CN(C(=O)NCc1ccccc1)C(C)(C)CO. The first-order chi connectivity index (χ1) is 7.97. The van der Waals surface area contributed by atoms with Crippen LogP contribution in [-0.4, -0.2) is 35.2 Å². The largest absolute Gasteiger partial charge is 0.394 e. The lowest BCUT2D eigenvalue weighted by Crippen LogP contribution is -2.51. The van der Waals surface area contributed by atoms with E-state index in [-0.39, 0.29) is 12.6 Å². The van der Waals surface area contributed by atoms with Crippen LogP contribution >= 0.6 is 0 Å². The summed E-state index contributed by atoms with van der Waals surface area (Å²) in [6.07, 6.45) is 0. The number of benzene rings is 1. The Morgan fingerprint density at radius 2 is 1.94 bits per heavy atom. The number of rotatable bonds is 4. The van der Waals surface area contributed by atoms with Gasteiger partial charge in [0.1, 0.15) is 0 Å². The summed E-state index contributed by atoms with van der Waals surface area (Å²) in [7, 11) is 1.68. The van der Waals surface area contributed by atoms with Crippen LogP contribution in [0.5, 0.6) is 0 Å². The maximum absolute atomic E-state index is 11.8. The Balaban J connectivity index is 2.51. The molecule has 0 bridgehead atoms. The molecule has 17 heavy (non-hydrogen) atoms. The van der Waals surface area contributed by atoms with Crippen molar-refractivity contribution in [1.29, 1.82) is 0 Å². The Hall–Kier alpha value is -1.55. The van der Waals surface area contributed by atoms with E-state index in [1.54, 1.807) is 7.05 Å². The second-order valence-corrected chi connectivity index (χ2v) is 4.67. The smallest absolute Gasteiger partial charge is 0.317 e. The molecule has 1 rings (SSSR count). The standard InChI is InChI=1S/C13H20N2O2/c1-13(2,10-16)15(3)12(17)14-9-11-7-5-4-6-8-11/h4-8,16H,9-10H2,1-3H3,(H,14,17). The van der Waals surface area contributed by atoms with E-state index in [0.717, 1.165) is 5.56 Å². The summed E-state index contributed by atoms with van der Waals surface area (Å²) < 4.78 is 0. The van der Waals surface area contributed by atoms with E-state index in [1.807, 2.05) is 44.2 Å². The van der Waals surface area contributed by atoms with Crippen LogP contribution in [0.3, 0.4) is 0 Å². The number of carbonyl (C=O) groups is 1. The number of hydrogen-bond acceptors (Lipinski definition) is 2. The van der Waals surface area contributed by atoms with E-state index in [0.29, 0.717) is 6.54 Å². The summed E-state index contributed by atoms with van der Waals surface area (Å²) in [6, 6.07) is 9.53. The first-order valence-electron chi connectivity index (χ1n) is 5.64. The molecule has 0 aliphatic carbocycles. The third-order valence-corrected chi connectivity index (χ3v) is 2.89. The Kier molecular flexibility index (Phi) is 4.52. The first kappa shape index (κ1) is 13.5. The van der Waals surface area contributed by atoms with Gasteiger partial charge >= 0.3 is 6.03 Å². The molecule has 94 valence electrons. The van der Waals surface area contributed by atoms with Crippen molar-refractivity contribution in [1.82, 2.24) is 10.2 Å². The fourth-order valence-electron chi connectivity index (χ4n) is 1.27. The van der Waals surface area contributed by atoms with E-state index < -0.39 is 5.54 Å². The summed E-state index contributed by atoms with van der Waals surface area (Å²) >= 11 is 0. The Bertz CT molecular complexity index is 363. The molecule has 1 aromatic rings. The van der Waals surface area contributed by atoms with E-state index in [2.05, 4.69) is 5.32 Å². The van der Waals surface area contributed by atoms with Crippen LogP contribution in [0, 0.1) is 0 Å². The van der Waals surface area contributed by atoms with Crippen molar-refractivity contribution in [2.75, 3.05) is 13.7 Å². The topological polar surface area (TPSA) is 52.6 Å². The average molecular weight is 236 g/mol. The molecular weight excluding hydrogens is 216 g/mol. The number of amides is 2. The highest BCUT2D eigenvalue weighted by molar-refractivity contribution is 5.74. The summed E-state index contributed by atoms with van der Waals surface area (Å²) in [5.74, 6) is 0. The minimum absolute atomic E-state index is 0.0672. The van der Waals surface area contributed by atoms with Crippen LogP contribution in [0.1, 0.15) is 19.4 Å². The van der Waals surface area contributed by atoms with Crippen LogP contribution < -0.4 is 5.32 Å². The van der Waals surface area contributed by atoms with Crippen molar-refractivity contribution < 1.29 is 9.90 Å². The number of nitrogens with one attached hydrogen (secondary N) is 1. The number of aliphatic hydroxyl groups excluding tert-OH is 1. The zero-order valence-corrected chi connectivity index (χ0v) is 10.6. The first-order valence-corrected chi connectivity index (χ1v) is 5.64. The normalized spacial score (nSPS) is 11.1. The molecule has 2 N–H and O–H groups in total. The molecule has 0 radical (unpaired) electrons. The maximum Gasteiger partial charge on any atom is 0.317 e. The summed E-state index contributed by atoms with van der Waals surface area (Å²) in [5.41, 5.74) is 0.497. The Morgan fingerprint density at radius 1 is 1.35 bits per heavy atom. The van der Waals surface area contributed by atoms with Gasteiger partial charge < -0.3 is 15.3 Å². The zero-order chi connectivity index (χ0) is 12.9. The van der Waals surface area contributed by atoms with Crippen LogP contribution in [0.25, 0.3) is 0 Å². The quantitative estimate of drug-likeness (QED) is 0.834. The molecule has 2 amide bonds. The predicted octanol–water partition coefficient (Wildman–Crippen LogP) is 1.60. The van der Waals surface area contributed by atoms with Crippen LogP contribution in [-0.2, 0) is 6.54 Å². The fourth-order valence-corrected chi connectivity index (χ4v) is 1.27. The molecule has 0 aliphatic rings. The van der Waals surface area contributed by atoms with Gasteiger partial charge in [-0.2, -0.15) is 0 Å². The van der Waals surface area contributed by atoms with E-state index in [4.69, 9.17) is 0 Å². The third kappa shape index (κ3) is 3.75. The molecule has 0 saturated heterocycles. The molecule has 0 aliphatic heterocycles. The lowest BCUT2D eigenvalue weighted by molar-refractivity contribution is 0.0974. The summed E-state index contributed by atoms with van der Waals surface area (Å²) in [4.78, 5) is 13.3. The van der Waals surface area contributed by atoms with Gasteiger partial charge in [-0.25, -0.2) is 4.79 Å². The van der Waals surface area contributed by atoms with Crippen LogP contribution in [0.2, 0.25) is 0 Å². The molecule has 0 spiro atoms. The second kappa shape index (κ2) is 5.68. The van der Waals surface area contributed by atoms with E-state index in [1.165, 1.54) is 4.90 Å². The Morgan fingerprint density at radius 3 is 2.47 bits per heavy atom. The fraction of sp³-hybridized carbons (Fsp3) is 0.462. The molecule has 0 unspecified atom stereocenters. The highest BCUT2D eigenvalue weighted by atomic mass is 16.3. The van der Waals surface area contributed by atoms with Crippen LogP contribution in [0.4, 0.5) is 4.79 Å². The molecular formula is C13H20N2O2. The number of hydrogen-bond donors (Lipinski definition) is 2. The van der Waals surface area contributed by atoms with Crippen molar-refractivity contribution in [3.05, 3.63) is 35.9 Å². The number of aliphatic hydroxyl groups is 1. The van der Waals surface area contributed by atoms with Gasteiger partial charge in [0.15, 0.2) is 0 Å². The minimum atomic E-state index is -0.555. The minimum Gasteiger partial charge on any atom is -0.394 e. The number of nitrogens with zero attached hydrogens (tertiary/aromatic N) is 1. The van der Waals surface area contributed by atoms with Gasteiger partial charge in [0.2, 0.25) is 0 Å². The van der Waals surface area contributed by atoms with Crippen molar-refractivity contribution in [3.63, 3.8) is 0 Å². The molecule has 0 saturated carbocycles. The Labute approximate surface area is 102 Å². The van der Waals surface area contributed by atoms with E-state index in [9.17, 15) is 9.90 Å². The average Bonchev–Trinajstić information content (AvgIpc) is 2.36. The van der Waals surface area contributed by atoms with Gasteiger partial charge in [0.25, 0.3) is 0 Å². The molecule has 0 fully saturated rings. The van der Waals surface area contributed by atoms with Gasteiger partial charge in [-0.1, -0.05) is 30.3 Å². The molecule has 0 aromatic heterocycles. The van der Waals surface area contributed by atoms with Gasteiger partial charge in [0, 0.05) is 13.6 Å². The third-order valence-electron chi connectivity index (χ3n) is 2.89. The molecule has 4 nitrogen and oxygen atoms in total. The summed E-state index contributed by atoms with van der Waals surface area (Å²) in [5, 5.41) is 12.0. The highest BCUT2D eigenvalue weighted by Crippen LogP contribution is 2.11. The maximum atomic E-state index is 11.8. The number of carbonyl (C=O) groups excluding carboxylic acids is 1. The van der Waals surface area contributed by atoms with Gasteiger partial charge in [-0.15, -0.1) is 0 Å². The second-order valence-electron chi connectivity index (χ2n) is 4.67. The number of urea groups is 1. The van der Waals surface area contributed by atoms with Crippen molar-refractivity contribution >= 4 is 6.03 Å². The van der Waals surface area contributed by atoms with Gasteiger partial charge in [0.05, 0.1) is 12.1 Å². The predicted molar refractivity (Wildman–Crippen MR) is 67.6 cm³/mol. The lowest BCUT2D eigenvalue weighted by atomic mass is 10.1. The molecule has 0 atom stereocenters. The van der Waals surface area contributed by atoms with Crippen molar-refractivity contribution in [2.24, 2.45) is 0 Å². The molecule has 1 aromatic carbocycles. The monoisotopic (exact) mass is 236 g/mol. The lowest BCUT2D eigenvalue weighted by Gasteiger charge is -2.33. The molecule has 4 heteroatoms. The highest BCUT2D eigenvalue weighted by Gasteiger charge is 2.26. The van der Waals surface area contributed by atoms with Gasteiger partial charge in [-0.3, -0.25) is 0 Å². The van der Waals surface area contributed by atoms with Crippen molar-refractivity contribution in [2.45, 2.75) is 25.9 Å².